The fourth-order valence-electron chi connectivity index (χ4n) is 5.15. The van der Waals surface area contributed by atoms with E-state index in [1.807, 2.05) is 0 Å². The van der Waals surface area contributed by atoms with Gasteiger partial charge in [-0.05, 0) is 0 Å². The Morgan fingerprint density at radius 1 is 0.345 bits per heavy atom. The van der Waals surface area contributed by atoms with Crippen molar-refractivity contribution >= 4 is 47.8 Å². The van der Waals surface area contributed by atoms with Gasteiger partial charge < -0.3 is 52.1 Å². The first kappa shape index (κ1) is 46.8. The summed E-state index contributed by atoms with van der Waals surface area (Å²) < 4.78 is 63.4. The third-order valence-electron chi connectivity index (χ3n) is 8.19. The molecule has 0 aromatic rings. The summed E-state index contributed by atoms with van der Waals surface area (Å²) in [6.07, 6.45) is -17.3. The minimum atomic E-state index is -1.83. The molecule has 19 nitrogen and oxygen atoms in total. The zero-order valence-electron chi connectivity index (χ0n) is 32.6. The molecule has 0 bridgehead atoms. The molecular formula is C36H54O19. The Bertz CT molecular complexity index is 1330. The summed E-state index contributed by atoms with van der Waals surface area (Å²) in [5, 5.41) is 0. The summed E-state index contributed by atoms with van der Waals surface area (Å²) in [7, 11) is 0. The van der Waals surface area contributed by atoms with Gasteiger partial charge in [0.2, 0.25) is 12.4 Å². The minimum Gasteiger partial charge on any atom is -0.463 e. The van der Waals surface area contributed by atoms with E-state index in [9.17, 15) is 38.4 Å². The maximum absolute atomic E-state index is 13.0. The Hall–Kier alpha value is -4.36. The van der Waals surface area contributed by atoms with Crippen LogP contribution in [0.1, 0.15) is 107 Å². The van der Waals surface area contributed by atoms with Gasteiger partial charge in [-0.2, -0.15) is 0 Å². The van der Waals surface area contributed by atoms with Gasteiger partial charge in [-0.25, -0.2) is 0 Å². The number of hydrogen-bond donors (Lipinski definition) is 0. The number of rotatable bonds is 20. The highest BCUT2D eigenvalue weighted by Gasteiger charge is 2.58. The van der Waals surface area contributed by atoms with Crippen LogP contribution in [0.4, 0.5) is 0 Å². The van der Waals surface area contributed by atoms with E-state index in [0.29, 0.717) is 0 Å². The fraction of sp³-hybridized carbons (Fsp3) is 0.778. The number of hydrogen-bond acceptors (Lipinski definition) is 19. The molecule has 0 saturated carbocycles. The number of esters is 8. The van der Waals surface area contributed by atoms with Gasteiger partial charge in [0.05, 0.1) is 0 Å². The van der Waals surface area contributed by atoms with E-state index in [1.165, 1.54) is 55.4 Å². The Morgan fingerprint density at radius 2 is 0.636 bits per heavy atom. The van der Waals surface area contributed by atoms with Gasteiger partial charge in [-0.1, -0.05) is 55.4 Å². The minimum absolute atomic E-state index is 0.0409. The van der Waals surface area contributed by atoms with Crippen LogP contribution >= 0.6 is 0 Å². The molecule has 2 saturated heterocycles. The van der Waals surface area contributed by atoms with E-state index in [2.05, 4.69) is 0 Å². The van der Waals surface area contributed by atoms with Crippen LogP contribution in [-0.2, 0) is 90.5 Å². The molecule has 2 heterocycles. The van der Waals surface area contributed by atoms with Crippen LogP contribution in [0, 0.1) is 0 Å². The third-order valence-corrected chi connectivity index (χ3v) is 8.19. The predicted molar refractivity (Wildman–Crippen MR) is 182 cm³/mol. The lowest BCUT2D eigenvalue weighted by molar-refractivity contribution is -0.358. The Balaban J connectivity index is 2.87. The number of ether oxygens (including phenoxy) is 11. The molecule has 55 heavy (non-hydrogen) atoms. The highest BCUT2D eigenvalue weighted by Crippen LogP contribution is 2.36. The van der Waals surface area contributed by atoms with Gasteiger partial charge in [0.25, 0.3) is 0 Å². The standard InChI is InChI=1S/C36H54O19/c1-9-21(37)45-17-19-29(49-23(39)11-3)31(50-24(40)12-4)34(53-27(43)15-7)36(48-19)55-30-20(18-46-22(38)10-2)47-35(54-28(44)16-8)33(52-26(42)14-6)32(30)51-25(41)13-5/h19-20,29-36H,9-18H2,1-8H3/t19-,20-,29+,30-,31+,32+,33-,34-,35+,36+/m1/s1. The zero-order valence-corrected chi connectivity index (χ0v) is 32.6. The van der Waals surface area contributed by atoms with Crippen LogP contribution in [0.5, 0.6) is 0 Å². The lowest BCUT2D eigenvalue weighted by Gasteiger charge is -2.48. The molecule has 2 rings (SSSR count). The van der Waals surface area contributed by atoms with Crippen molar-refractivity contribution in [1.82, 2.24) is 0 Å². The van der Waals surface area contributed by atoms with Crippen molar-refractivity contribution < 1.29 is 90.5 Å². The Labute approximate surface area is 319 Å². The highest BCUT2D eigenvalue weighted by molar-refractivity contribution is 5.73. The van der Waals surface area contributed by atoms with Crippen LogP contribution in [-0.4, -0.2) is 122 Å². The molecule has 0 spiro atoms. The molecule has 0 aromatic carbocycles. The van der Waals surface area contributed by atoms with Crippen LogP contribution in [0.3, 0.4) is 0 Å². The summed E-state index contributed by atoms with van der Waals surface area (Å²) in [5.74, 6) is -6.18. The first-order chi connectivity index (χ1) is 26.2. The van der Waals surface area contributed by atoms with Crippen molar-refractivity contribution in [2.24, 2.45) is 0 Å². The predicted octanol–water partition coefficient (Wildman–Crippen LogP) is 2.29. The van der Waals surface area contributed by atoms with Crippen LogP contribution in [0.15, 0.2) is 0 Å². The van der Waals surface area contributed by atoms with E-state index < -0.39 is 122 Å². The van der Waals surface area contributed by atoms with Crippen molar-refractivity contribution in [3.05, 3.63) is 0 Å². The summed E-state index contributed by atoms with van der Waals surface area (Å²) in [4.78, 5) is 101. The first-order valence-electron chi connectivity index (χ1n) is 18.6. The number of carbonyl (C=O) groups excluding carboxylic acids is 8. The largest absolute Gasteiger partial charge is 0.463 e. The van der Waals surface area contributed by atoms with Crippen LogP contribution in [0.25, 0.3) is 0 Å². The summed E-state index contributed by atoms with van der Waals surface area (Å²) >= 11 is 0. The molecule has 0 N–H and O–H groups in total. The van der Waals surface area contributed by atoms with Gasteiger partial charge in [-0.3, -0.25) is 38.4 Å². The molecule has 10 atom stereocenters. The van der Waals surface area contributed by atoms with Crippen LogP contribution in [0.2, 0.25) is 0 Å². The van der Waals surface area contributed by atoms with Crippen molar-refractivity contribution in [2.75, 3.05) is 13.2 Å². The molecule has 2 aliphatic rings. The van der Waals surface area contributed by atoms with Crippen LogP contribution < -0.4 is 0 Å². The van der Waals surface area contributed by atoms with Gasteiger partial charge in [0.1, 0.15) is 31.5 Å². The summed E-state index contributed by atoms with van der Waals surface area (Å²) in [5.41, 5.74) is 0. The van der Waals surface area contributed by atoms with Crippen molar-refractivity contribution in [3.63, 3.8) is 0 Å². The fourth-order valence-corrected chi connectivity index (χ4v) is 5.15. The van der Waals surface area contributed by atoms with Gasteiger partial charge in [0, 0.05) is 51.4 Å². The maximum Gasteiger partial charge on any atom is 0.307 e. The van der Waals surface area contributed by atoms with Gasteiger partial charge in [0.15, 0.2) is 30.7 Å². The zero-order chi connectivity index (χ0) is 41.2. The summed E-state index contributed by atoms with van der Waals surface area (Å²) in [6, 6.07) is 0. The van der Waals surface area contributed by atoms with E-state index >= 15 is 0 Å². The molecule has 0 unspecified atom stereocenters. The normalized spacial score (nSPS) is 27.4. The van der Waals surface area contributed by atoms with E-state index in [1.54, 1.807) is 0 Å². The summed E-state index contributed by atoms with van der Waals surface area (Å²) in [6.45, 7) is 10.8. The van der Waals surface area contributed by atoms with Crippen molar-refractivity contribution in [1.29, 1.82) is 0 Å². The van der Waals surface area contributed by atoms with Gasteiger partial charge in [-0.15, -0.1) is 0 Å². The van der Waals surface area contributed by atoms with E-state index in [-0.39, 0.29) is 51.4 Å². The SMILES string of the molecule is CCC(=O)OC[C@H]1O[C@@H](O[C@H]2[C@H](OC(=O)CC)[C@@H](OC(=O)CC)[C@H](OC(=O)CC)O[C@@H]2COC(=O)CC)[C@H](OC(=O)CC)[C@@H](OC(=O)CC)[C@H]1OC(=O)CC. The van der Waals surface area contributed by atoms with Crippen molar-refractivity contribution in [3.8, 4) is 0 Å². The molecule has 0 amide bonds. The average molecular weight is 791 g/mol. The quantitative estimate of drug-likeness (QED) is 0.127. The monoisotopic (exact) mass is 790 g/mol. The second kappa shape index (κ2) is 23.5. The van der Waals surface area contributed by atoms with E-state index in [4.69, 9.17) is 52.1 Å². The van der Waals surface area contributed by atoms with Gasteiger partial charge >= 0.3 is 47.8 Å². The molecule has 2 aliphatic heterocycles. The Morgan fingerprint density at radius 3 is 1.04 bits per heavy atom. The van der Waals surface area contributed by atoms with E-state index in [0.717, 1.165) is 0 Å². The molecule has 312 valence electrons. The first-order valence-corrected chi connectivity index (χ1v) is 18.6. The smallest absolute Gasteiger partial charge is 0.307 e. The molecular weight excluding hydrogens is 736 g/mol. The third kappa shape index (κ3) is 14.0. The second-order valence-electron chi connectivity index (χ2n) is 12.1. The average Bonchev–Trinajstić information content (AvgIpc) is 3.19. The maximum atomic E-state index is 13.0. The Kier molecular flexibility index (Phi) is 20.0. The number of carbonyl (C=O) groups is 8. The molecule has 0 radical (unpaired) electrons. The lowest BCUT2D eigenvalue weighted by atomic mass is 9.95. The second-order valence-corrected chi connectivity index (χ2v) is 12.1. The van der Waals surface area contributed by atoms with Crippen molar-refractivity contribution in [2.45, 2.75) is 168 Å². The molecule has 0 aliphatic carbocycles. The molecule has 0 aromatic heterocycles. The topological polar surface area (TPSA) is 238 Å². The molecule has 2 fully saturated rings. The molecule has 19 heteroatoms. The highest BCUT2D eigenvalue weighted by atomic mass is 16.8. The lowest BCUT2D eigenvalue weighted by Crippen LogP contribution is -2.67.